The van der Waals surface area contributed by atoms with Crippen molar-refractivity contribution in [2.45, 2.75) is 0 Å². The molecule has 1 aromatic heterocycles. The molecule has 0 spiro atoms. The van der Waals surface area contributed by atoms with Crippen LogP contribution in [-0.4, -0.2) is 34.3 Å². The summed E-state index contributed by atoms with van der Waals surface area (Å²) in [5.41, 5.74) is 21.4. The smallest absolute Gasteiger partial charge is 0.211 e. The van der Waals surface area contributed by atoms with Gasteiger partial charge < -0.3 is 22.9 Å². The van der Waals surface area contributed by atoms with Crippen LogP contribution in [-0.2, 0) is 0 Å². The molecule has 0 aliphatic rings. The molecule has 0 atom stereocenters. The molecule has 0 radical (unpaired) electrons. The topological polar surface area (TPSA) is 179 Å². The van der Waals surface area contributed by atoms with Crippen molar-refractivity contribution < 1.29 is 0 Å². The average Bonchev–Trinajstić information content (AvgIpc) is 2.28. The van der Waals surface area contributed by atoms with Gasteiger partial charge in [-0.25, -0.2) is 9.97 Å². The lowest BCUT2D eigenvalue weighted by molar-refractivity contribution is 1.12. The number of aromatic nitrogens is 2. The van der Waals surface area contributed by atoms with Gasteiger partial charge in [-0.3, -0.25) is 0 Å². The number of hydrogen-bond acceptors (Lipinski definition) is 6. The molecule has 0 unspecified atom stereocenters. The lowest BCUT2D eigenvalue weighted by atomic mass is 10.3. The van der Waals surface area contributed by atoms with Crippen LogP contribution in [0.1, 0.15) is 11.4 Å². The van der Waals surface area contributed by atoms with Gasteiger partial charge in [0.1, 0.15) is 6.33 Å². The van der Waals surface area contributed by atoms with Crippen LogP contribution in [0.2, 0.25) is 0 Å². The largest absolute Gasteiger partial charge is 0.369 e. The molecular formula is C8H12N10. The molecular weight excluding hydrogens is 236 g/mol. The van der Waals surface area contributed by atoms with Gasteiger partial charge >= 0.3 is 0 Å². The fourth-order valence-corrected chi connectivity index (χ4v) is 0.839. The zero-order chi connectivity index (χ0) is 13.4. The van der Waals surface area contributed by atoms with Gasteiger partial charge in [-0.05, 0) is 6.07 Å². The fraction of sp³-hybridized carbons (Fsp3) is 0. The van der Waals surface area contributed by atoms with Crippen molar-refractivity contribution in [3.63, 3.8) is 0 Å². The van der Waals surface area contributed by atoms with Crippen molar-refractivity contribution in [1.82, 2.24) is 9.97 Å². The van der Waals surface area contributed by atoms with Crippen LogP contribution in [0.25, 0.3) is 0 Å². The number of rotatable bonds is 4. The summed E-state index contributed by atoms with van der Waals surface area (Å²) in [5.74, 6) is -0.287. The molecule has 1 aromatic rings. The van der Waals surface area contributed by atoms with Crippen LogP contribution < -0.4 is 22.9 Å². The lowest BCUT2D eigenvalue weighted by Gasteiger charge is -1.92. The molecule has 0 saturated carbocycles. The van der Waals surface area contributed by atoms with Crippen LogP contribution in [0.5, 0.6) is 0 Å². The van der Waals surface area contributed by atoms with Crippen molar-refractivity contribution in [2.75, 3.05) is 0 Å². The highest BCUT2D eigenvalue weighted by Crippen LogP contribution is 1.93. The van der Waals surface area contributed by atoms with Crippen LogP contribution in [0.3, 0.4) is 0 Å². The molecule has 10 heteroatoms. The van der Waals surface area contributed by atoms with Crippen molar-refractivity contribution in [2.24, 2.45) is 43.3 Å². The number of guanidine groups is 2. The summed E-state index contributed by atoms with van der Waals surface area (Å²) in [6.45, 7) is 0. The highest BCUT2D eigenvalue weighted by atomic mass is 15.3. The second-order valence-electron chi connectivity index (χ2n) is 2.91. The molecule has 0 aliphatic carbocycles. The average molecular weight is 248 g/mol. The minimum absolute atomic E-state index is 0.144. The van der Waals surface area contributed by atoms with E-state index < -0.39 is 0 Å². The van der Waals surface area contributed by atoms with Crippen LogP contribution in [0, 0.1) is 0 Å². The molecule has 8 N–H and O–H groups in total. The summed E-state index contributed by atoms with van der Waals surface area (Å²) < 4.78 is 0. The maximum Gasteiger partial charge on any atom is 0.211 e. The highest BCUT2D eigenvalue weighted by molar-refractivity contribution is 5.84. The van der Waals surface area contributed by atoms with E-state index in [-0.39, 0.29) is 11.9 Å². The van der Waals surface area contributed by atoms with Crippen molar-refractivity contribution in [3.8, 4) is 0 Å². The first-order chi connectivity index (χ1) is 8.58. The van der Waals surface area contributed by atoms with Crippen LogP contribution in [0.4, 0.5) is 0 Å². The minimum Gasteiger partial charge on any atom is -0.369 e. The molecule has 0 saturated heterocycles. The Balaban J connectivity index is 2.80. The molecule has 0 fully saturated rings. The second-order valence-corrected chi connectivity index (χ2v) is 2.91. The molecule has 0 aromatic carbocycles. The molecule has 10 nitrogen and oxygen atoms in total. The van der Waals surface area contributed by atoms with Gasteiger partial charge in [0.25, 0.3) is 0 Å². The molecule has 18 heavy (non-hydrogen) atoms. The summed E-state index contributed by atoms with van der Waals surface area (Å²) in [4.78, 5) is 7.84. The molecule has 94 valence electrons. The van der Waals surface area contributed by atoms with Crippen molar-refractivity contribution in [1.29, 1.82) is 0 Å². The first kappa shape index (κ1) is 13.0. The van der Waals surface area contributed by atoms with E-state index in [1.54, 1.807) is 6.07 Å². The maximum absolute atomic E-state index is 5.10. The van der Waals surface area contributed by atoms with E-state index in [2.05, 4.69) is 30.4 Å². The Morgan fingerprint density at radius 3 is 1.72 bits per heavy atom. The fourth-order valence-electron chi connectivity index (χ4n) is 0.839. The Morgan fingerprint density at radius 2 is 1.33 bits per heavy atom. The number of hydrogen-bond donors (Lipinski definition) is 4. The van der Waals surface area contributed by atoms with Crippen LogP contribution in [0.15, 0.2) is 32.8 Å². The van der Waals surface area contributed by atoms with Gasteiger partial charge in [0, 0.05) is 0 Å². The summed E-state index contributed by atoms with van der Waals surface area (Å²) in [6, 6.07) is 1.59. The van der Waals surface area contributed by atoms with Gasteiger partial charge in [0.15, 0.2) is 0 Å². The molecule has 1 rings (SSSR count). The normalized spacial score (nSPS) is 10.7. The van der Waals surface area contributed by atoms with Gasteiger partial charge in [-0.2, -0.15) is 10.2 Å². The number of nitrogens with two attached hydrogens (primary N) is 4. The first-order valence-corrected chi connectivity index (χ1v) is 4.64. The first-order valence-electron chi connectivity index (χ1n) is 4.64. The second kappa shape index (κ2) is 6.52. The molecule has 0 aliphatic heterocycles. The Kier molecular flexibility index (Phi) is 4.72. The predicted octanol–water partition coefficient (Wildman–Crippen LogP) is -2.31. The Morgan fingerprint density at radius 1 is 0.889 bits per heavy atom. The molecule has 1 heterocycles. The highest BCUT2D eigenvalue weighted by Gasteiger charge is 1.93. The lowest BCUT2D eigenvalue weighted by Crippen LogP contribution is -2.21. The van der Waals surface area contributed by atoms with Crippen LogP contribution >= 0.6 is 0 Å². The summed E-state index contributed by atoms with van der Waals surface area (Å²) in [6.07, 6.45) is 4.05. The van der Waals surface area contributed by atoms with Crippen molar-refractivity contribution in [3.05, 3.63) is 23.8 Å². The van der Waals surface area contributed by atoms with Gasteiger partial charge in [0.2, 0.25) is 11.9 Å². The maximum atomic E-state index is 5.10. The quantitative estimate of drug-likeness (QED) is 0.264. The summed E-state index contributed by atoms with van der Waals surface area (Å²) in [7, 11) is 0. The third-order valence-corrected chi connectivity index (χ3v) is 1.44. The Hall–Kier alpha value is -3.04. The Bertz CT molecular complexity index is 463. The summed E-state index contributed by atoms with van der Waals surface area (Å²) >= 11 is 0. The van der Waals surface area contributed by atoms with E-state index in [4.69, 9.17) is 22.9 Å². The van der Waals surface area contributed by atoms with Gasteiger partial charge in [-0.1, -0.05) is 0 Å². The van der Waals surface area contributed by atoms with E-state index in [1.807, 2.05) is 0 Å². The third-order valence-electron chi connectivity index (χ3n) is 1.44. The predicted molar refractivity (Wildman–Crippen MR) is 68.8 cm³/mol. The van der Waals surface area contributed by atoms with Crippen molar-refractivity contribution >= 4 is 24.3 Å². The van der Waals surface area contributed by atoms with Gasteiger partial charge in [0.05, 0.1) is 23.8 Å². The van der Waals surface area contributed by atoms with E-state index >= 15 is 0 Å². The molecule has 0 amide bonds. The Labute approximate surface area is 102 Å². The minimum atomic E-state index is -0.144. The monoisotopic (exact) mass is 248 g/mol. The van der Waals surface area contributed by atoms with Gasteiger partial charge in [-0.15, -0.1) is 10.2 Å². The van der Waals surface area contributed by atoms with E-state index in [0.717, 1.165) is 0 Å². The van der Waals surface area contributed by atoms with E-state index in [9.17, 15) is 0 Å². The SMILES string of the molecule is NC(N)=N/N=C/c1cc(/C=N/N=C(N)N)ncn1. The zero-order valence-electron chi connectivity index (χ0n) is 9.30. The third kappa shape index (κ3) is 5.16. The summed E-state index contributed by atoms with van der Waals surface area (Å²) in [5, 5.41) is 14.1. The standard InChI is InChI=1S/C8H12N10/c9-7(10)17-15-2-5-1-6(14-4-13-5)3-16-18-8(11)12/h1-4H,(H4,9,10,17)(H4,11,12,18)/b15-2+,16-3+. The molecule has 0 bridgehead atoms. The number of nitrogens with zero attached hydrogens (tertiary/aromatic N) is 6. The zero-order valence-corrected chi connectivity index (χ0v) is 9.30. The van der Waals surface area contributed by atoms with E-state index in [1.165, 1.54) is 18.8 Å². The van der Waals surface area contributed by atoms with E-state index in [0.29, 0.717) is 11.4 Å².